The molecule has 8 aromatic carbocycles. The van der Waals surface area contributed by atoms with E-state index in [9.17, 15) is 0 Å². The fraction of sp³-hybridized carbons (Fsp3) is 0.160. The van der Waals surface area contributed by atoms with Crippen molar-refractivity contribution in [3.05, 3.63) is 175 Å². The number of aryl methyl sites for hydroxylation is 1. The van der Waals surface area contributed by atoms with Gasteiger partial charge in [-0.1, -0.05) is 140 Å². The van der Waals surface area contributed by atoms with Gasteiger partial charge in [-0.15, -0.1) is 0 Å². The molecule has 8 aromatic rings. The Morgan fingerprint density at radius 3 is 2.12 bits per heavy atom. The maximum absolute atomic E-state index is 3.86. The molecule has 1 N–H and O–H groups in total. The van der Waals surface area contributed by atoms with Crippen LogP contribution in [0.3, 0.4) is 0 Å². The van der Waals surface area contributed by atoms with Gasteiger partial charge in [0.15, 0.2) is 0 Å². The average molecular weight is 671 g/mol. The van der Waals surface area contributed by atoms with Gasteiger partial charge in [0.2, 0.25) is 0 Å². The number of nitrogens with zero attached hydrogens (tertiary/aromatic N) is 1. The number of anilines is 3. The fourth-order valence-corrected chi connectivity index (χ4v) is 9.08. The Hall–Kier alpha value is -5.70. The first-order valence-electron chi connectivity index (χ1n) is 19.0. The third-order valence-electron chi connectivity index (χ3n) is 11.7. The van der Waals surface area contributed by atoms with Crippen molar-refractivity contribution >= 4 is 49.4 Å². The Kier molecular flexibility index (Phi) is 7.84. The number of hydrogen-bond donors (Lipinski definition) is 1. The highest BCUT2D eigenvalue weighted by Gasteiger charge is 2.28. The van der Waals surface area contributed by atoms with Crippen LogP contribution >= 0.6 is 0 Å². The summed E-state index contributed by atoms with van der Waals surface area (Å²) in [5.74, 6) is 0.788. The second-order valence-electron chi connectivity index (χ2n) is 14.8. The predicted octanol–water partition coefficient (Wildman–Crippen LogP) is 13.3. The van der Waals surface area contributed by atoms with Gasteiger partial charge in [0.25, 0.3) is 0 Å². The lowest BCUT2D eigenvalue weighted by molar-refractivity contribution is 0.489. The van der Waals surface area contributed by atoms with Gasteiger partial charge < -0.3 is 10.2 Å². The number of hydrogen-bond acceptors (Lipinski definition) is 2. The molecule has 1 aliphatic carbocycles. The molecule has 2 atom stereocenters. The third kappa shape index (κ3) is 5.55. The molecule has 0 spiro atoms. The summed E-state index contributed by atoms with van der Waals surface area (Å²) in [6, 6.07) is 61.4. The second kappa shape index (κ2) is 13.1. The van der Waals surface area contributed by atoms with Crippen molar-refractivity contribution in [1.29, 1.82) is 0 Å². The molecule has 1 saturated heterocycles. The number of fused-ring (bicyclic) bond motifs is 10. The molecule has 1 heterocycles. The van der Waals surface area contributed by atoms with E-state index in [1.807, 2.05) is 0 Å². The molecule has 2 nitrogen and oxygen atoms in total. The zero-order chi connectivity index (χ0) is 34.4. The summed E-state index contributed by atoms with van der Waals surface area (Å²) in [6.07, 6.45) is 6.22. The largest absolute Gasteiger partial charge is 0.310 e. The lowest BCUT2D eigenvalue weighted by Crippen LogP contribution is -2.15. The zero-order valence-corrected chi connectivity index (χ0v) is 29.4. The topological polar surface area (TPSA) is 15.3 Å². The molecule has 0 aromatic heterocycles. The Labute approximate surface area is 306 Å². The van der Waals surface area contributed by atoms with E-state index in [0.29, 0.717) is 6.04 Å². The monoisotopic (exact) mass is 670 g/mol. The number of rotatable bonds is 4. The predicted molar refractivity (Wildman–Crippen MR) is 221 cm³/mol. The van der Waals surface area contributed by atoms with E-state index < -0.39 is 0 Å². The van der Waals surface area contributed by atoms with Crippen LogP contribution in [0.2, 0.25) is 0 Å². The van der Waals surface area contributed by atoms with Crippen LogP contribution in [0.1, 0.15) is 42.9 Å². The highest BCUT2D eigenvalue weighted by atomic mass is 15.1. The van der Waals surface area contributed by atoms with Crippen molar-refractivity contribution in [2.45, 2.75) is 38.1 Å². The van der Waals surface area contributed by atoms with Crippen LogP contribution in [0.15, 0.2) is 164 Å². The smallest absolute Gasteiger partial charge is 0.0540 e. The fourth-order valence-electron chi connectivity index (χ4n) is 9.08. The quantitative estimate of drug-likeness (QED) is 0.188. The van der Waals surface area contributed by atoms with Gasteiger partial charge in [-0.05, 0) is 129 Å². The summed E-state index contributed by atoms with van der Waals surface area (Å²) in [6.45, 7) is 1.15. The minimum atomic E-state index is 0.450. The van der Waals surface area contributed by atoms with Gasteiger partial charge >= 0.3 is 0 Å². The van der Waals surface area contributed by atoms with Crippen LogP contribution in [0.25, 0.3) is 54.6 Å². The lowest BCUT2D eigenvalue weighted by Gasteiger charge is -2.27. The molecule has 0 saturated carbocycles. The molecule has 2 bridgehead atoms. The highest BCUT2D eigenvalue weighted by Crippen LogP contribution is 2.43. The van der Waals surface area contributed by atoms with E-state index in [1.165, 1.54) is 97.1 Å². The van der Waals surface area contributed by atoms with Crippen LogP contribution in [0, 0.1) is 5.92 Å². The maximum atomic E-state index is 3.86. The van der Waals surface area contributed by atoms with Crippen LogP contribution in [-0.2, 0) is 6.42 Å². The third-order valence-corrected chi connectivity index (χ3v) is 11.7. The Morgan fingerprint density at radius 1 is 0.500 bits per heavy atom. The molecule has 0 radical (unpaired) electrons. The molecule has 2 aliphatic rings. The second-order valence-corrected chi connectivity index (χ2v) is 14.8. The normalized spacial score (nSPS) is 17.1. The molecule has 52 heavy (non-hydrogen) atoms. The van der Waals surface area contributed by atoms with Gasteiger partial charge in [0.05, 0.1) is 5.69 Å². The van der Waals surface area contributed by atoms with Gasteiger partial charge in [0, 0.05) is 22.8 Å². The van der Waals surface area contributed by atoms with Crippen LogP contribution in [-0.4, -0.2) is 6.54 Å². The van der Waals surface area contributed by atoms with Crippen LogP contribution in [0.4, 0.5) is 17.1 Å². The van der Waals surface area contributed by atoms with Crippen molar-refractivity contribution in [2.75, 3.05) is 11.4 Å². The van der Waals surface area contributed by atoms with E-state index in [0.717, 1.165) is 30.3 Å². The SMILES string of the molecule is c1ccc2c(c1)-c1ccc(-c3ccc(N(c4ccc5c(ccc6ccccc65)c4)c4cccc5ccccc45)cc3)cc1CCCCC1CNC2C1. The van der Waals surface area contributed by atoms with Crippen molar-refractivity contribution in [2.24, 2.45) is 5.92 Å². The molecule has 252 valence electrons. The lowest BCUT2D eigenvalue weighted by atomic mass is 9.88. The summed E-state index contributed by atoms with van der Waals surface area (Å²) in [7, 11) is 0. The Morgan fingerprint density at radius 2 is 1.21 bits per heavy atom. The minimum absolute atomic E-state index is 0.450. The van der Waals surface area contributed by atoms with E-state index in [2.05, 4.69) is 174 Å². The summed E-state index contributed by atoms with van der Waals surface area (Å²) < 4.78 is 0. The van der Waals surface area contributed by atoms with Crippen LogP contribution < -0.4 is 10.2 Å². The first kappa shape index (κ1) is 31.1. The van der Waals surface area contributed by atoms with Gasteiger partial charge in [-0.3, -0.25) is 0 Å². The molecule has 2 heteroatoms. The summed E-state index contributed by atoms with van der Waals surface area (Å²) in [5.41, 5.74) is 11.7. The molecular formula is C50H42N2. The molecule has 1 aliphatic heterocycles. The van der Waals surface area contributed by atoms with E-state index in [1.54, 1.807) is 0 Å². The van der Waals surface area contributed by atoms with Gasteiger partial charge in [-0.2, -0.15) is 0 Å². The zero-order valence-electron chi connectivity index (χ0n) is 29.4. The standard InChI is InChI=1S/C50H42N2/c1-2-13-39-31-38(24-28-45(39)47-17-7-8-18-48(47)49-30-34(10-1)33-51-49)35-22-25-41(26-23-35)52(50-19-9-14-36-11-4-6-16-46(36)50)42-27-29-44-40(32-42)21-20-37-12-3-5-15-43(37)44/h3-9,11-12,14-29,31-32,34,49,51H,1-2,10,13,30,33H2. The molecule has 1 fully saturated rings. The first-order valence-corrected chi connectivity index (χ1v) is 19.0. The van der Waals surface area contributed by atoms with E-state index in [4.69, 9.17) is 0 Å². The summed E-state index contributed by atoms with van der Waals surface area (Å²) in [5, 5.41) is 11.4. The summed E-state index contributed by atoms with van der Waals surface area (Å²) >= 11 is 0. The van der Waals surface area contributed by atoms with Crippen molar-refractivity contribution in [1.82, 2.24) is 5.32 Å². The average Bonchev–Trinajstić information content (AvgIpc) is 3.67. The maximum Gasteiger partial charge on any atom is 0.0540 e. The number of benzene rings is 8. The van der Waals surface area contributed by atoms with Crippen molar-refractivity contribution < 1.29 is 0 Å². The number of nitrogens with one attached hydrogen (secondary N) is 1. The van der Waals surface area contributed by atoms with E-state index >= 15 is 0 Å². The van der Waals surface area contributed by atoms with Crippen LogP contribution in [0.5, 0.6) is 0 Å². The van der Waals surface area contributed by atoms with Crippen molar-refractivity contribution in [3.63, 3.8) is 0 Å². The first-order chi connectivity index (χ1) is 25.8. The summed E-state index contributed by atoms with van der Waals surface area (Å²) in [4.78, 5) is 2.43. The van der Waals surface area contributed by atoms with Gasteiger partial charge in [-0.25, -0.2) is 0 Å². The Bertz CT molecular complexity index is 2580. The van der Waals surface area contributed by atoms with Gasteiger partial charge in [0.1, 0.15) is 0 Å². The highest BCUT2D eigenvalue weighted by molar-refractivity contribution is 6.09. The molecular weight excluding hydrogens is 629 g/mol. The molecule has 10 rings (SSSR count). The molecule has 0 amide bonds. The minimum Gasteiger partial charge on any atom is -0.310 e. The van der Waals surface area contributed by atoms with Crippen molar-refractivity contribution in [3.8, 4) is 22.3 Å². The molecule has 2 unspecified atom stereocenters. The Balaban J connectivity index is 1.06. The van der Waals surface area contributed by atoms with E-state index in [-0.39, 0.29) is 0 Å².